The first-order valence-electron chi connectivity index (χ1n) is 6.88. The number of hydrogen-bond acceptors (Lipinski definition) is 2. The highest BCUT2D eigenvalue weighted by molar-refractivity contribution is 6.31. The van der Waals surface area contributed by atoms with Crippen LogP contribution in [0.2, 0.25) is 5.02 Å². The summed E-state index contributed by atoms with van der Waals surface area (Å²) < 4.78 is 28.0. The molecule has 0 atom stereocenters. The molecule has 0 aliphatic rings. The Balaban J connectivity index is 1.90. The summed E-state index contributed by atoms with van der Waals surface area (Å²) in [7, 11) is 0. The van der Waals surface area contributed by atoms with Crippen LogP contribution in [-0.2, 0) is 19.5 Å². The Labute approximate surface area is 127 Å². The van der Waals surface area contributed by atoms with E-state index in [0.29, 0.717) is 30.1 Å². The second-order valence-electron chi connectivity index (χ2n) is 4.87. The summed E-state index contributed by atoms with van der Waals surface area (Å²) in [5, 5.41) is 8.23. The van der Waals surface area contributed by atoms with Crippen molar-refractivity contribution in [3.8, 4) is 0 Å². The van der Waals surface area contributed by atoms with Crippen LogP contribution in [0.1, 0.15) is 23.9 Å². The molecule has 1 aromatic heterocycles. The highest BCUT2D eigenvalue weighted by Crippen LogP contribution is 2.19. The van der Waals surface area contributed by atoms with E-state index in [2.05, 4.69) is 10.4 Å². The lowest BCUT2D eigenvalue weighted by Gasteiger charge is -2.08. The third kappa shape index (κ3) is 4.02. The van der Waals surface area contributed by atoms with Gasteiger partial charge in [0.15, 0.2) is 0 Å². The number of nitrogens with one attached hydrogen (secondary N) is 1. The summed E-state index contributed by atoms with van der Waals surface area (Å²) in [6.45, 7) is 5.80. The van der Waals surface area contributed by atoms with Gasteiger partial charge in [0.05, 0.1) is 16.4 Å². The Morgan fingerprint density at radius 2 is 1.90 bits per heavy atom. The summed E-state index contributed by atoms with van der Waals surface area (Å²) in [5.74, 6) is -1.10. The van der Waals surface area contributed by atoms with Gasteiger partial charge < -0.3 is 5.32 Å². The van der Waals surface area contributed by atoms with Gasteiger partial charge in [0.2, 0.25) is 0 Å². The number of benzene rings is 1. The number of halogens is 3. The maximum Gasteiger partial charge on any atom is 0.126 e. The van der Waals surface area contributed by atoms with Crippen molar-refractivity contribution in [2.24, 2.45) is 0 Å². The zero-order valence-electron chi connectivity index (χ0n) is 12.1. The second-order valence-corrected chi connectivity index (χ2v) is 5.24. The smallest absolute Gasteiger partial charge is 0.126 e. The molecule has 0 fully saturated rings. The Kier molecular flexibility index (Phi) is 5.31. The summed E-state index contributed by atoms with van der Waals surface area (Å²) >= 11 is 6.21. The predicted molar refractivity (Wildman–Crippen MR) is 79.4 cm³/mol. The van der Waals surface area contributed by atoms with Gasteiger partial charge in [0.25, 0.3) is 0 Å². The summed E-state index contributed by atoms with van der Waals surface area (Å²) in [6, 6.07) is 3.57. The van der Waals surface area contributed by atoms with E-state index in [4.69, 9.17) is 11.6 Å². The van der Waals surface area contributed by atoms with E-state index in [1.807, 2.05) is 18.5 Å². The molecule has 0 saturated heterocycles. The Hall–Kier alpha value is -1.46. The van der Waals surface area contributed by atoms with E-state index >= 15 is 0 Å². The fraction of sp³-hybridized carbons (Fsp3) is 0.400. The highest BCUT2D eigenvalue weighted by Gasteiger charge is 2.11. The lowest BCUT2D eigenvalue weighted by molar-refractivity contribution is 0.570. The Morgan fingerprint density at radius 1 is 1.24 bits per heavy atom. The van der Waals surface area contributed by atoms with E-state index in [9.17, 15) is 8.78 Å². The van der Waals surface area contributed by atoms with Gasteiger partial charge in [-0.3, -0.25) is 4.68 Å². The van der Waals surface area contributed by atoms with Crippen LogP contribution in [0.25, 0.3) is 0 Å². The Morgan fingerprint density at radius 3 is 2.52 bits per heavy atom. The van der Waals surface area contributed by atoms with Crippen molar-refractivity contribution < 1.29 is 8.78 Å². The zero-order chi connectivity index (χ0) is 15.4. The molecule has 0 spiro atoms. The summed E-state index contributed by atoms with van der Waals surface area (Å²) in [4.78, 5) is 0. The number of rotatable bonds is 6. The molecule has 1 N–H and O–H groups in total. The molecule has 0 aliphatic carbocycles. The zero-order valence-corrected chi connectivity index (χ0v) is 12.8. The quantitative estimate of drug-likeness (QED) is 0.828. The largest absolute Gasteiger partial charge is 0.311 e. The first kappa shape index (κ1) is 15.9. The van der Waals surface area contributed by atoms with Crippen LogP contribution in [0.15, 0.2) is 18.2 Å². The molecule has 0 amide bonds. The highest BCUT2D eigenvalue weighted by atomic mass is 35.5. The van der Waals surface area contributed by atoms with Gasteiger partial charge in [-0.2, -0.15) is 5.10 Å². The minimum Gasteiger partial charge on any atom is -0.311 e. The van der Waals surface area contributed by atoms with Gasteiger partial charge >= 0.3 is 0 Å². The van der Waals surface area contributed by atoms with Gasteiger partial charge in [-0.1, -0.05) is 11.6 Å². The minimum absolute atomic E-state index is 0.547. The maximum atomic E-state index is 13.1. The lowest BCUT2D eigenvalue weighted by Crippen LogP contribution is -2.19. The van der Waals surface area contributed by atoms with Crippen molar-refractivity contribution in [2.45, 2.75) is 33.4 Å². The number of nitrogens with zero attached hydrogens (tertiary/aromatic N) is 2. The normalized spacial score (nSPS) is 11.1. The SMILES string of the molecule is CCn1nc(C)c(Cl)c1CNCCc1cc(F)cc(F)c1. The molecule has 114 valence electrons. The molecule has 0 aliphatic heterocycles. The van der Waals surface area contributed by atoms with Crippen LogP contribution >= 0.6 is 11.6 Å². The molecule has 0 radical (unpaired) electrons. The van der Waals surface area contributed by atoms with Gasteiger partial charge in [0.1, 0.15) is 11.6 Å². The molecular formula is C15H18ClF2N3. The molecule has 6 heteroatoms. The van der Waals surface area contributed by atoms with Crippen LogP contribution in [0.3, 0.4) is 0 Å². The van der Waals surface area contributed by atoms with E-state index in [-0.39, 0.29) is 0 Å². The van der Waals surface area contributed by atoms with Crippen molar-refractivity contribution in [3.63, 3.8) is 0 Å². The fourth-order valence-corrected chi connectivity index (χ4v) is 2.43. The number of aromatic nitrogens is 2. The fourth-order valence-electron chi connectivity index (χ4n) is 2.23. The number of aryl methyl sites for hydroxylation is 2. The molecule has 0 bridgehead atoms. The van der Waals surface area contributed by atoms with Gasteiger partial charge in [-0.05, 0) is 44.5 Å². The topological polar surface area (TPSA) is 29.9 Å². The van der Waals surface area contributed by atoms with Crippen LogP contribution in [-0.4, -0.2) is 16.3 Å². The van der Waals surface area contributed by atoms with Crippen LogP contribution in [0, 0.1) is 18.6 Å². The minimum atomic E-state index is -0.548. The van der Waals surface area contributed by atoms with Crippen LogP contribution < -0.4 is 5.32 Å². The van der Waals surface area contributed by atoms with Crippen LogP contribution in [0.5, 0.6) is 0 Å². The lowest BCUT2D eigenvalue weighted by atomic mass is 10.1. The first-order chi connectivity index (χ1) is 10.0. The number of hydrogen-bond donors (Lipinski definition) is 1. The van der Waals surface area contributed by atoms with Crippen molar-refractivity contribution >= 4 is 11.6 Å². The molecule has 3 nitrogen and oxygen atoms in total. The molecule has 2 aromatic rings. The predicted octanol–water partition coefficient (Wildman–Crippen LogP) is 3.48. The Bertz CT molecular complexity index is 605. The summed E-state index contributed by atoms with van der Waals surface area (Å²) in [6.07, 6.45) is 0.547. The molecule has 0 unspecified atom stereocenters. The first-order valence-corrected chi connectivity index (χ1v) is 7.26. The average molecular weight is 314 g/mol. The van der Waals surface area contributed by atoms with E-state index < -0.39 is 11.6 Å². The van der Waals surface area contributed by atoms with Gasteiger partial charge in [-0.15, -0.1) is 0 Å². The average Bonchev–Trinajstić information content (AvgIpc) is 2.69. The van der Waals surface area contributed by atoms with Gasteiger partial charge in [-0.25, -0.2) is 8.78 Å². The second kappa shape index (κ2) is 7.00. The molecule has 21 heavy (non-hydrogen) atoms. The van der Waals surface area contributed by atoms with Crippen molar-refractivity contribution in [3.05, 3.63) is 51.8 Å². The molecule has 1 heterocycles. The third-order valence-electron chi connectivity index (χ3n) is 3.26. The summed E-state index contributed by atoms with van der Waals surface area (Å²) in [5.41, 5.74) is 2.37. The van der Waals surface area contributed by atoms with Crippen molar-refractivity contribution in [1.82, 2.24) is 15.1 Å². The van der Waals surface area contributed by atoms with Crippen molar-refractivity contribution in [2.75, 3.05) is 6.54 Å². The molecule has 2 rings (SSSR count). The monoisotopic (exact) mass is 313 g/mol. The molecule has 1 aromatic carbocycles. The third-order valence-corrected chi connectivity index (χ3v) is 3.75. The van der Waals surface area contributed by atoms with E-state index in [0.717, 1.165) is 24.0 Å². The maximum absolute atomic E-state index is 13.1. The van der Waals surface area contributed by atoms with Gasteiger partial charge in [0, 0.05) is 19.2 Å². The van der Waals surface area contributed by atoms with E-state index in [1.165, 1.54) is 12.1 Å². The van der Waals surface area contributed by atoms with Crippen molar-refractivity contribution in [1.29, 1.82) is 0 Å². The molecule has 0 saturated carbocycles. The van der Waals surface area contributed by atoms with E-state index in [1.54, 1.807) is 0 Å². The molecular weight excluding hydrogens is 296 g/mol. The van der Waals surface area contributed by atoms with Crippen LogP contribution in [0.4, 0.5) is 8.78 Å². The standard InChI is InChI=1S/C15H18ClF2N3/c1-3-21-14(15(16)10(2)20-21)9-19-5-4-11-6-12(17)8-13(18)7-11/h6-8,19H,3-5,9H2,1-2H3.